The summed E-state index contributed by atoms with van der Waals surface area (Å²) in [6.45, 7) is -0.0304. The molecule has 0 aliphatic carbocycles. The second-order valence-corrected chi connectivity index (χ2v) is 3.07. The van der Waals surface area contributed by atoms with E-state index in [4.69, 9.17) is 10.5 Å². The lowest BCUT2D eigenvalue weighted by molar-refractivity contribution is 0.0594. The third kappa shape index (κ3) is 2.50. The molecule has 2 N–H and O–H groups in total. The number of nitrogens with zero attached hydrogens (tertiary/aromatic N) is 1. The second kappa shape index (κ2) is 5.53. The summed E-state index contributed by atoms with van der Waals surface area (Å²) in [7, 11) is 2.32. The summed E-state index contributed by atoms with van der Waals surface area (Å²) in [5.74, 6) is -1.08. The van der Waals surface area contributed by atoms with E-state index in [9.17, 15) is 13.6 Å². The summed E-state index contributed by atoms with van der Waals surface area (Å²) in [5, 5.41) is 0. The zero-order valence-electron chi connectivity index (χ0n) is 9.37. The fraction of sp³-hybridized carbons (Fsp3) is 0.400. The number of ether oxygens (including phenoxy) is 2. The molecule has 0 amide bonds. The summed E-state index contributed by atoms with van der Waals surface area (Å²) in [4.78, 5) is 15.1. The summed E-state index contributed by atoms with van der Waals surface area (Å²) >= 11 is 0. The van der Waals surface area contributed by atoms with Crippen LogP contribution in [0.2, 0.25) is 0 Å². The standard InChI is InChI=1S/C10H12F2N2O3/c1-16-8-6(10(15)17-2)5(3-13)4-14-7(8)9(11)12/h4,9H,3,13H2,1-2H3. The lowest BCUT2D eigenvalue weighted by atomic mass is 10.1. The molecule has 0 spiro atoms. The number of alkyl halides is 2. The smallest absolute Gasteiger partial charge is 0.342 e. The molecular weight excluding hydrogens is 234 g/mol. The van der Waals surface area contributed by atoms with Crippen LogP contribution < -0.4 is 10.5 Å². The van der Waals surface area contributed by atoms with Crippen molar-refractivity contribution in [2.75, 3.05) is 14.2 Å². The largest absolute Gasteiger partial charge is 0.494 e. The van der Waals surface area contributed by atoms with E-state index in [0.717, 1.165) is 13.3 Å². The van der Waals surface area contributed by atoms with Crippen molar-refractivity contribution in [2.45, 2.75) is 13.0 Å². The maximum atomic E-state index is 12.7. The van der Waals surface area contributed by atoms with Crippen LogP contribution in [-0.4, -0.2) is 25.2 Å². The van der Waals surface area contributed by atoms with Gasteiger partial charge in [-0.25, -0.2) is 13.6 Å². The molecule has 1 aromatic rings. The molecule has 94 valence electrons. The molecule has 0 aliphatic heterocycles. The number of rotatable bonds is 4. The predicted octanol–water partition coefficient (Wildman–Crippen LogP) is 1.27. The van der Waals surface area contributed by atoms with Gasteiger partial charge in [-0.2, -0.15) is 0 Å². The number of nitrogens with two attached hydrogens (primary N) is 1. The van der Waals surface area contributed by atoms with Crippen LogP contribution in [0, 0.1) is 0 Å². The third-order valence-electron chi connectivity index (χ3n) is 2.16. The van der Waals surface area contributed by atoms with Gasteiger partial charge < -0.3 is 15.2 Å². The van der Waals surface area contributed by atoms with Gasteiger partial charge in [-0.15, -0.1) is 0 Å². The molecule has 0 atom stereocenters. The SMILES string of the molecule is COC(=O)c1c(CN)cnc(C(F)F)c1OC. The van der Waals surface area contributed by atoms with Gasteiger partial charge in [0.1, 0.15) is 11.3 Å². The highest BCUT2D eigenvalue weighted by molar-refractivity contribution is 5.94. The third-order valence-corrected chi connectivity index (χ3v) is 2.16. The Morgan fingerprint density at radius 2 is 2.18 bits per heavy atom. The van der Waals surface area contributed by atoms with Gasteiger partial charge >= 0.3 is 5.97 Å². The van der Waals surface area contributed by atoms with Crippen LogP contribution in [0.1, 0.15) is 28.0 Å². The molecule has 0 aromatic carbocycles. The van der Waals surface area contributed by atoms with Crippen LogP contribution >= 0.6 is 0 Å². The van der Waals surface area contributed by atoms with Crippen molar-refractivity contribution in [2.24, 2.45) is 5.73 Å². The fourth-order valence-corrected chi connectivity index (χ4v) is 1.39. The Morgan fingerprint density at radius 3 is 2.59 bits per heavy atom. The molecule has 0 bridgehead atoms. The summed E-state index contributed by atoms with van der Waals surface area (Å²) in [6.07, 6.45) is -1.73. The lowest BCUT2D eigenvalue weighted by Crippen LogP contribution is -2.14. The minimum atomic E-state index is -2.85. The summed E-state index contributed by atoms with van der Waals surface area (Å²) in [6, 6.07) is 0. The topological polar surface area (TPSA) is 74.4 Å². The molecular formula is C10H12F2N2O3. The molecule has 1 aromatic heterocycles. The molecule has 1 heterocycles. The normalized spacial score (nSPS) is 10.5. The van der Waals surface area contributed by atoms with Gasteiger partial charge in [-0.3, -0.25) is 4.98 Å². The first-order chi connectivity index (χ1) is 8.06. The average molecular weight is 246 g/mol. The number of hydrogen-bond acceptors (Lipinski definition) is 5. The molecule has 1 rings (SSSR count). The Bertz CT molecular complexity index is 424. The number of pyridine rings is 1. The lowest BCUT2D eigenvalue weighted by Gasteiger charge is -2.14. The summed E-state index contributed by atoms with van der Waals surface area (Å²) in [5.41, 5.74) is 4.98. The van der Waals surface area contributed by atoms with Crippen LogP contribution in [0.15, 0.2) is 6.20 Å². The van der Waals surface area contributed by atoms with Crippen LogP contribution in [0.5, 0.6) is 5.75 Å². The number of halogens is 2. The first kappa shape index (κ1) is 13.3. The quantitative estimate of drug-likeness (QED) is 0.810. The van der Waals surface area contributed by atoms with Crippen LogP contribution in [0.25, 0.3) is 0 Å². The zero-order chi connectivity index (χ0) is 13.0. The number of carbonyl (C=O) groups is 1. The van der Waals surface area contributed by atoms with E-state index in [1.165, 1.54) is 7.11 Å². The number of methoxy groups -OCH3 is 2. The van der Waals surface area contributed by atoms with Gasteiger partial charge in [0.25, 0.3) is 6.43 Å². The number of hydrogen-bond donors (Lipinski definition) is 1. The Morgan fingerprint density at radius 1 is 1.53 bits per heavy atom. The van der Waals surface area contributed by atoms with Crippen LogP contribution in [0.3, 0.4) is 0 Å². The van der Waals surface area contributed by atoms with E-state index >= 15 is 0 Å². The molecule has 17 heavy (non-hydrogen) atoms. The van der Waals surface area contributed by atoms with Crippen molar-refractivity contribution >= 4 is 5.97 Å². The van der Waals surface area contributed by atoms with Gasteiger partial charge in [-0.1, -0.05) is 0 Å². The zero-order valence-corrected chi connectivity index (χ0v) is 9.37. The highest BCUT2D eigenvalue weighted by Gasteiger charge is 2.25. The molecule has 5 nitrogen and oxygen atoms in total. The Hall–Kier alpha value is -1.76. The highest BCUT2D eigenvalue weighted by Crippen LogP contribution is 2.32. The van der Waals surface area contributed by atoms with Crippen molar-refractivity contribution in [1.29, 1.82) is 0 Å². The Labute approximate surface area is 96.5 Å². The molecule has 0 saturated carbocycles. The molecule has 0 radical (unpaired) electrons. The Kier molecular flexibility index (Phi) is 4.33. The van der Waals surface area contributed by atoms with Gasteiger partial charge in [0.15, 0.2) is 5.75 Å². The van der Waals surface area contributed by atoms with Crippen molar-refractivity contribution in [1.82, 2.24) is 4.98 Å². The molecule has 0 fully saturated rings. The molecule has 7 heteroatoms. The van der Waals surface area contributed by atoms with E-state index in [-0.39, 0.29) is 23.4 Å². The number of aromatic nitrogens is 1. The number of carbonyl (C=O) groups excluding carboxylic acids is 1. The monoisotopic (exact) mass is 246 g/mol. The van der Waals surface area contributed by atoms with Crippen LogP contribution in [0.4, 0.5) is 8.78 Å². The van der Waals surface area contributed by atoms with E-state index in [1.807, 2.05) is 0 Å². The Balaban J connectivity index is 3.48. The van der Waals surface area contributed by atoms with Gasteiger partial charge in [0.2, 0.25) is 0 Å². The highest BCUT2D eigenvalue weighted by atomic mass is 19.3. The maximum absolute atomic E-state index is 12.7. The van der Waals surface area contributed by atoms with Gasteiger partial charge in [0.05, 0.1) is 14.2 Å². The van der Waals surface area contributed by atoms with E-state index in [0.29, 0.717) is 0 Å². The number of esters is 1. The second-order valence-electron chi connectivity index (χ2n) is 3.07. The first-order valence-corrected chi connectivity index (χ1v) is 4.69. The minimum Gasteiger partial charge on any atom is -0.494 e. The first-order valence-electron chi connectivity index (χ1n) is 4.69. The van der Waals surface area contributed by atoms with Crippen molar-refractivity contribution in [3.63, 3.8) is 0 Å². The maximum Gasteiger partial charge on any atom is 0.342 e. The van der Waals surface area contributed by atoms with Gasteiger partial charge in [0, 0.05) is 18.3 Å². The van der Waals surface area contributed by atoms with Crippen LogP contribution in [-0.2, 0) is 11.3 Å². The van der Waals surface area contributed by atoms with E-state index in [1.54, 1.807) is 0 Å². The molecule has 0 unspecified atom stereocenters. The van der Waals surface area contributed by atoms with Crippen molar-refractivity contribution in [3.8, 4) is 5.75 Å². The average Bonchev–Trinajstić information content (AvgIpc) is 2.35. The summed E-state index contributed by atoms with van der Waals surface area (Å²) < 4.78 is 34.7. The minimum absolute atomic E-state index is 0.0304. The fourth-order valence-electron chi connectivity index (χ4n) is 1.39. The molecule has 0 aliphatic rings. The molecule has 0 saturated heterocycles. The predicted molar refractivity (Wildman–Crippen MR) is 55.0 cm³/mol. The van der Waals surface area contributed by atoms with Crippen molar-refractivity contribution in [3.05, 3.63) is 23.0 Å². The van der Waals surface area contributed by atoms with E-state index in [2.05, 4.69) is 9.72 Å². The van der Waals surface area contributed by atoms with Crippen molar-refractivity contribution < 1.29 is 23.0 Å². The van der Waals surface area contributed by atoms with Gasteiger partial charge in [-0.05, 0) is 0 Å². The van der Waals surface area contributed by atoms with E-state index < -0.39 is 18.1 Å².